The molecule has 1 aromatic carbocycles. The third-order valence-corrected chi connectivity index (χ3v) is 4.01. The van der Waals surface area contributed by atoms with Gasteiger partial charge in [-0.1, -0.05) is 29.9 Å². The number of ether oxygens (including phenoxy) is 1. The van der Waals surface area contributed by atoms with Crippen LogP contribution in [0, 0.1) is 154 Å². The summed E-state index contributed by atoms with van der Waals surface area (Å²) in [5.41, 5.74) is 0.535. The quantitative estimate of drug-likeness (QED) is 0.250. The topological polar surface area (TPSA) is 41.6 Å². The van der Waals surface area contributed by atoms with Gasteiger partial charge < -0.3 is 10.1 Å². The van der Waals surface area contributed by atoms with Crippen LogP contribution in [0.2, 0.25) is 0 Å². The molecule has 0 saturated heterocycles. The van der Waals surface area contributed by atoms with Crippen LogP contribution in [0.1, 0.15) is 23.2 Å². The Morgan fingerprint density at radius 2 is 1.07 bits per heavy atom. The molecule has 1 rings (SSSR count). The van der Waals surface area contributed by atoms with Crippen LogP contribution in [0.4, 0.5) is 0 Å². The molecule has 0 spiro atoms. The first-order valence-corrected chi connectivity index (χ1v) is 12.8. The molecule has 0 heterocycles. The molecular weight excluding hydrogens is 564 g/mol. The number of carbonyl (C=O) groups is 1. The van der Waals surface area contributed by atoms with E-state index in [9.17, 15) is 4.79 Å². The summed E-state index contributed by atoms with van der Waals surface area (Å²) in [6, 6.07) is 14.6. The van der Waals surface area contributed by atoms with Gasteiger partial charge >= 0.3 is 0 Å². The minimum absolute atomic E-state index is 0.173. The smallest absolute Gasteiger partial charge is 0.251 e. The zero-order chi connectivity index (χ0) is 33.2. The van der Waals surface area contributed by atoms with Gasteiger partial charge in [-0.2, -0.15) is 4.90 Å². The van der Waals surface area contributed by atoms with E-state index in [0.29, 0.717) is 24.2 Å². The van der Waals surface area contributed by atoms with Crippen LogP contribution >= 0.6 is 0 Å². The summed E-state index contributed by atoms with van der Waals surface area (Å²) in [6.45, 7) is 7.14. The third kappa shape index (κ3) is 20.7. The van der Waals surface area contributed by atoms with Crippen LogP contribution in [0.15, 0.2) is 61.9 Å². The van der Waals surface area contributed by atoms with E-state index in [1.165, 1.54) is 12.3 Å². The van der Waals surface area contributed by atoms with E-state index in [-0.39, 0.29) is 5.91 Å². The highest BCUT2D eigenvalue weighted by Crippen LogP contribution is 2.12. The standard InChI is InChI=1S/C42H20N2O2/c1-4-6-8-10-12-16-20-24-28-36-44(37-29-25-21-17-13-11-9-7-5-2)38-30-26-22-18-14-15-19-23-27-31-39-46-41-34-32-40(33-35-41)42(45)43-3/h4-5,31-35,39H,1-2,6-7H2,3H3,(H,43,45). The molecule has 1 amide bonds. The normalized spacial score (nSPS) is 6.63. The van der Waals surface area contributed by atoms with Crippen molar-refractivity contribution in [2.24, 2.45) is 0 Å². The van der Waals surface area contributed by atoms with E-state index in [4.69, 9.17) is 4.74 Å². The Morgan fingerprint density at radius 3 is 1.50 bits per heavy atom. The largest absolute Gasteiger partial charge is 0.464 e. The maximum absolute atomic E-state index is 11.5. The first-order valence-electron chi connectivity index (χ1n) is 12.8. The lowest BCUT2D eigenvalue weighted by Gasteiger charge is -2.01. The molecule has 1 aromatic rings. The fourth-order valence-corrected chi connectivity index (χ4v) is 2.16. The highest BCUT2D eigenvalue weighted by atomic mass is 16.5. The van der Waals surface area contributed by atoms with Crippen molar-refractivity contribution in [2.45, 2.75) is 12.8 Å². The van der Waals surface area contributed by atoms with Gasteiger partial charge in [0.2, 0.25) is 0 Å². The Kier molecular flexibility index (Phi) is 21.0. The van der Waals surface area contributed by atoms with Gasteiger partial charge in [-0.25, -0.2) is 0 Å². The van der Waals surface area contributed by atoms with E-state index < -0.39 is 0 Å². The average Bonchev–Trinajstić information content (AvgIpc) is 3.08. The summed E-state index contributed by atoms with van der Waals surface area (Å²) < 4.78 is 5.40. The predicted octanol–water partition coefficient (Wildman–Crippen LogP) is 3.31. The number of carbonyl (C=O) groups excluding carboxylic acids is 1. The summed E-state index contributed by atoms with van der Waals surface area (Å²) >= 11 is 0. The predicted molar refractivity (Wildman–Crippen MR) is 182 cm³/mol. The van der Waals surface area contributed by atoms with Gasteiger partial charge in [0.1, 0.15) is 5.75 Å². The van der Waals surface area contributed by atoms with Gasteiger partial charge in [-0.15, -0.1) is 13.2 Å². The zero-order valence-electron chi connectivity index (χ0n) is 24.7. The molecule has 0 fully saturated rings. The SMILES string of the molecule is C=CCC#CC#CC#CC#CN(C#CC#CC#CC#CC#CC=COc1ccc(C(=O)NC)cc1)C#CC#CC#CC#CCC=C. The van der Waals surface area contributed by atoms with E-state index in [1.807, 2.05) is 0 Å². The Bertz CT molecular complexity index is 2100. The lowest BCUT2D eigenvalue weighted by Crippen LogP contribution is -2.17. The Morgan fingerprint density at radius 1 is 0.652 bits per heavy atom. The molecule has 0 aliphatic heterocycles. The highest BCUT2D eigenvalue weighted by Gasteiger charge is 2.01. The van der Waals surface area contributed by atoms with Gasteiger partial charge in [0.25, 0.3) is 5.91 Å². The minimum atomic E-state index is -0.173. The molecule has 4 nitrogen and oxygen atoms in total. The van der Waals surface area contributed by atoms with E-state index in [0.717, 1.165) is 4.90 Å². The maximum Gasteiger partial charge on any atom is 0.251 e. The molecule has 0 unspecified atom stereocenters. The molecular formula is C42H20N2O2. The van der Waals surface area contributed by atoms with Crippen molar-refractivity contribution >= 4 is 5.91 Å². The molecule has 0 bridgehead atoms. The summed E-state index contributed by atoms with van der Waals surface area (Å²) in [7, 11) is 1.57. The molecule has 4 heteroatoms. The summed E-state index contributed by atoms with van der Waals surface area (Å²) in [6.07, 6.45) is 7.36. The molecule has 0 saturated carbocycles. The third-order valence-electron chi connectivity index (χ3n) is 4.01. The lowest BCUT2D eigenvalue weighted by atomic mass is 10.2. The minimum Gasteiger partial charge on any atom is -0.464 e. The van der Waals surface area contributed by atoms with Crippen LogP contribution < -0.4 is 10.1 Å². The van der Waals surface area contributed by atoms with Crippen molar-refractivity contribution < 1.29 is 9.53 Å². The van der Waals surface area contributed by atoms with Crippen molar-refractivity contribution in [1.82, 2.24) is 10.2 Å². The van der Waals surface area contributed by atoms with Gasteiger partial charge in [0.15, 0.2) is 0 Å². The second kappa shape index (κ2) is 27.0. The van der Waals surface area contributed by atoms with Crippen LogP contribution in [0.3, 0.4) is 0 Å². The van der Waals surface area contributed by atoms with Gasteiger partial charge in [0.05, 0.1) is 6.26 Å². The number of hydrogen-bond acceptors (Lipinski definition) is 3. The van der Waals surface area contributed by atoms with Crippen molar-refractivity contribution in [3.63, 3.8) is 0 Å². The molecule has 46 heavy (non-hydrogen) atoms. The van der Waals surface area contributed by atoms with Crippen molar-refractivity contribution in [2.75, 3.05) is 7.05 Å². The number of nitrogens with one attached hydrogen (secondary N) is 1. The molecule has 1 N–H and O–H groups in total. The van der Waals surface area contributed by atoms with Gasteiger partial charge in [-0.3, -0.25) is 4.79 Å². The molecule has 0 atom stereocenters. The van der Waals surface area contributed by atoms with Gasteiger partial charge in [0, 0.05) is 109 Å². The fourth-order valence-electron chi connectivity index (χ4n) is 2.16. The van der Waals surface area contributed by atoms with Crippen LogP contribution in [-0.2, 0) is 0 Å². The summed E-state index contributed by atoms with van der Waals surface area (Å²) in [5.74, 6) is 60.1. The first-order chi connectivity index (χ1) is 22.7. The maximum atomic E-state index is 11.5. The molecule has 0 aromatic heterocycles. The summed E-state index contributed by atoms with van der Waals surface area (Å²) in [5, 5.41) is 2.55. The molecule has 0 aliphatic carbocycles. The highest BCUT2D eigenvalue weighted by molar-refractivity contribution is 5.94. The fraction of sp³-hybridized carbons (Fsp3) is 0.0714. The van der Waals surface area contributed by atoms with Crippen LogP contribution in [-0.4, -0.2) is 17.9 Å². The van der Waals surface area contributed by atoms with Gasteiger partial charge in [-0.05, 0) is 83.5 Å². The Hall–Kier alpha value is -8.21. The number of allylic oxidation sites excluding steroid dienone is 3. The number of hydrogen-bond donors (Lipinski definition) is 1. The second-order valence-electron chi connectivity index (χ2n) is 7.18. The van der Waals surface area contributed by atoms with E-state index in [1.54, 1.807) is 43.5 Å². The van der Waals surface area contributed by atoms with Crippen molar-refractivity contribution in [1.29, 1.82) is 0 Å². The summed E-state index contributed by atoms with van der Waals surface area (Å²) in [4.78, 5) is 12.7. The van der Waals surface area contributed by atoms with Crippen LogP contribution in [0.5, 0.6) is 5.75 Å². The number of rotatable bonds is 5. The molecule has 0 aliphatic rings. The Labute approximate surface area is 272 Å². The van der Waals surface area contributed by atoms with E-state index >= 15 is 0 Å². The molecule has 0 radical (unpaired) electrons. The number of benzene rings is 1. The Balaban J connectivity index is 2.82. The first kappa shape index (κ1) is 35.8. The lowest BCUT2D eigenvalue weighted by molar-refractivity contribution is 0.0963. The van der Waals surface area contributed by atoms with E-state index in [2.05, 4.69) is 173 Å². The van der Waals surface area contributed by atoms with Crippen molar-refractivity contribution in [3.8, 4) is 160 Å². The zero-order valence-corrected chi connectivity index (χ0v) is 24.7. The van der Waals surface area contributed by atoms with Crippen molar-refractivity contribution in [3.05, 3.63) is 67.5 Å². The molecule has 210 valence electrons. The number of nitrogens with zero attached hydrogens (tertiary/aromatic N) is 1. The average molecular weight is 585 g/mol. The number of amides is 1. The second-order valence-corrected chi connectivity index (χ2v) is 7.18. The monoisotopic (exact) mass is 584 g/mol. The van der Waals surface area contributed by atoms with Crippen LogP contribution in [0.25, 0.3) is 0 Å².